The summed E-state index contributed by atoms with van der Waals surface area (Å²) in [6.45, 7) is 28.4. The van der Waals surface area contributed by atoms with Crippen molar-refractivity contribution in [3.63, 3.8) is 0 Å². The summed E-state index contributed by atoms with van der Waals surface area (Å²) in [4.78, 5) is 0. The van der Waals surface area contributed by atoms with E-state index in [0.717, 1.165) is 0 Å². The molecule has 20 radical (unpaired) electrons. The van der Waals surface area contributed by atoms with Gasteiger partial charge in [-0.3, -0.25) is 0 Å². The molecule has 40 heavy (non-hydrogen) atoms. The first kappa shape index (κ1) is 50.2. The van der Waals surface area contributed by atoms with Crippen LogP contribution < -0.4 is 0 Å². The van der Waals surface area contributed by atoms with Gasteiger partial charge in [-0.2, -0.15) is 0 Å². The smallest absolute Gasteiger partial charge is 0.358 e. The van der Waals surface area contributed by atoms with E-state index >= 15 is 0 Å². The maximum atomic E-state index is 2.36. The second-order valence-corrected chi connectivity index (χ2v) is 34.0. The predicted octanol–water partition coefficient (Wildman–Crippen LogP) is 9.98. The third kappa shape index (κ3) is 22.0. The van der Waals surface area contributed by atoms with Gasteiger partial charge in [0.05, 0.1) is 32.3 Å². The molecule has 0 aromatic heterocycles. The number of rotatable bonds is 4. The minimum atomic E-state index is -0.981. The van der Waals surface area contributed by atoms with Crippen molar-refractivity contribution in [1.29, 1.82) is 0 Å². The van der Waals surface area contributed by atoms with E-state index in [1.165, 1.54) is 0 Å². The Morgan fingerprint density at radius 1 is 0.275 bits per heavy atom. The van der Waals surface area contributed by atoms with Gasteiger partial charge in [-0.1, -0.05) is 78.6 Å². The van der Waals surface area contributed by atoms with Crippen LogP contribution in [0.25, 0.3) is 0 Å². The Kier molecular flexibility index (Phi) is 29.6. The van der Waals surface area contributed by atoms with Gasteiger partial charge in [0.25, 0.3) is 0 Å². The standard InChI is InChI=1S/4C8H13Si.2CH3.2Lu/c4*1-9(2,3)8-6-4-5-7-8;;;;/h4*4-7H,1-3H3;2*1H3;;/q;;;;2*-1;2*+3. The molecule has 0 amide bonds. The summed E-state index contributed by atoms with van der Waals surface area (Å²) in [5, 5.41) is 0. The van der Waals surface area contributed by atoms with Gasteiger partial charge in [-0.05, 0) is 125 Å². The average Bonchev–Trinajstić information content (AvgIpc) is 3.57. The van der Waals surface area contributed by atoms with E-state index in [1.54, 1.807) is 22.2 Å². The van der Waals surface area contributed by atoms with E-state index in [2.05, 4.69) is 181 Å². The molecule has 0 aliphatic heterocycles. The largest absolute Gasteiger partial charge is 3.00 e. The minimum Gasteiger partial charge on any atom is -0.358 e. The quantitative estimate of drug-likeness (QED) is 0.195. The first-order valence-electron chi connectivity index (χ1n) is 13.3. The van der Waals surface area contributed by atoms with Gasteiger partial charge in [-0.25, -0.2) is 0 Å². The summed E-state index contributed by atoms with van der Waals surface area (Å²) in [7, 11) is -3.92. The fourth-order valence-electron chi connectivity index (χ4n) is 3.50. The fraction of sp³-hybridized carbons (Fsp3) is 0.353. The Labute approximate surface area is 320 Å². The average molecular weight is 929 g/mol. The van der Waals surface area contributed by atoms with E-state index in [-0.39, 0.29) is 88.6 Å². The molecule has 0 aromatic rings. The van der Waals surface area contributed by atoms with Crippen LogP contribution in [-0.2, 0) is 0 Å². The van der Waals surface area contributed by atoms with Crippen LogP contribution in [-0.4, -0.2) is 32.3 Å². The maximum absolute atomic E-state index is 2.36. The predicted molar refractivity (Wildman–Crippen MR) is 188 cm³/mol. The van der Waals surface area contributed by atoms with Gasteiger partial charge in [0.1, 0.15) is 0 Å². The van der Waals surface area contributed by atoms with E-state index < -0.39 is 32.3 Å². The molecule has 0 spiro atoms. The Morgan fingerprint density at radius 3 is 0.425 bits per heavy atom. The molecule has 0 atom stereocenters. The molecular formula is C34H58Lu2Si4+4. The summed E-state index contributed by atoms with van der Waals surface area (Å²) >= 11 is 0. The molecule has 0 aromatic carbocycles. The molecule has 0 bridgehead atoms. The third-order valence-electron chi connectivity index (χ3n) is 6.11. The maximum Gasteiger partial charge on any atom is 3.00 e. The SMILES string of the molecule is C[Si](C)(C)[C]1[CH][CH][CH][CH]1.C[Si](C)(C)[C]1[CH][CH][CH][CH]1.C[Si](C)(C)[C]1[CH][CH][CH][CH]1.C[Si](C)(C)[C]1[CH][CH][CH][CH]1.[CH3-].[CH3-].[Lu+3].[Lu+3]. The first-order valence-corrected chi connectivity index (χ1v) is 27.3. The zero-order valence-electron chi connectivity index (χ0n) is 27.8. The topological polar surface area (TPSA) is 0 Å². The van der Waals surface area contributed by atoms with E-state index in [0.29, 0.717) is 0 Å². The van der Waals surface area contributed by atoms with Gasteiger partial charge in [-0.15, -0.1) is 0 Å². The zero-order valence-corrected chi connectivity index (χ0v) is 35.1. The molecule has 4 fully saturated rings. The molecule has 236 valence electrons. The molecule has 6 heteroatoms. The third-order valence-corrected chi connectivity index (χ3v) is 14.4. The summed E-state index contributed by atoms with van der Waals surface area (Å²) in [6.07, 6.45) is 34.8. The molecule has 0 saturated heterocycles. The molecular weight excluding hydrogens is 871 g/mol. The normalized spacial score (nSPS) is 20.7. The second kappa shape index (κ2) is 23.6. The van der Waals surface area contributed by atoms with Crippen LogP contribution in [0, 0.1) is 214 Å². The molecule has 0 nitrogen and oxygen atoms in total. The van der Waals surface area contributed by atoms with Gasteiger partial charge >= 0.3 is 73.7 Å². The minimum absolute atomic E-state index is 0. The van der Waals surface area contributed by atoms with Crippen molar-refractivity contribution in [2.45, 2.75) is 78.6 Å². The molecule has 4 rings (SSSR count). The van der Waals surface area contributed by atoms with Crippen LogP contribution in [0.15, 0.2) is 0 Å². The van der Waals surface area contributed by atoms with Crippen LogP contribution in [0.4, 0.5) is 0 Å². The first-order chi connectivity index (χ1) is 16.4. The second-order valence-electron chi connectivity index (χ2n) is 13.7. The number of hydrogen-bond donors (Lipinski definition) is 0. The summed E-state index contributed by atoms with van der Waals surface area (Å²) < 4.78 is 0. The molecule has 0 heterocycles. The monoisotopic (exact) mass is 928 g/mol. The fourth-order valence-corrected chi connectivity index (χ4v) is 8.27. The van der Waals surface area contributed by atoms with Crippen molar-refractivity contribution >= 4 is 32.3 Å². The van der Waals surface area contributed by atoms with Crippen molar-refractivity contribution in [2.24, 2.45) is 0 Å². The van der Waals surface area contributed by atoms with Gasteiger partial charge in [0.15, 0.2) is 0 Å². The zero-order chi connectivity index (χ0) is 27.6. The van der Waals surface area contributed by atoms with Gasteiger partial charge in [0, 0.05) is 0 Å². The van der Waals surface area contributed by atoms with Crippen LogP contribution in [0.3, 0.4) is 0 Å². The van der Waals surface area contributed by atoms with E-state index in [1.807, 2.05) is 0 Å². The van der Waals surface area contributed by atoms with Gasteiger partial charge in [0.2, 0.25) is 0 Å². The van der Waals surface area contributed by atoms with Crippen LogP contribution >= 0.6 is 0 Å². The van der Waals surface area contributed by atoms with Crippen LogP contribution in [0.1, 0.15) is 0 Å². The molecule has 4 aliphatic carbocycles. The summed E-state index contributed by atoms with van der Waals surface area (Å²) in [6, 6.07) is 0. The van der Waals surface area contributed by atoms with Crippen molar-refractivity contribution in [3.05, 3.63) is 140 Å². The summed E-state index contributed by atoms with van der Waals surface area (Å²) in [5.74, 6) is 0. The van der Waals surface area contributed by atoms with Crippen molar-refractivity contribution in [2.75, 3.05) is 0 Å². The Hall–Kier alpha value is 3.34. The molecule has 4 saturated carbocycles. The van der Waals surface area contributed by atoms with Gasteiger partial charge < -0.3 is 14.9 Å². The summed E-state index contributed by atoms with van der Waals surface area (Å²) in [5.41, 5.74) is 6.23. The Bertz CT molecular complexity index is 457. The van der Waals surface area contributed by atoms with Crippen molar-refractivity contribution in [1.82, 2.24) is 0 Å². The van der Waals surface area contributed by atoms with E-state index in [4.69, 9.17) is 0 Å². The molecule has 0 N–H and O–H groups in total. The molecule has 0 unspecified atom stereocenters. The number of hydrogen-bond acceptors (Lipinski definition) is 0. The van der Waals surface area contributed by atoms with Crippen LogP contribution in [0.5, 0.6) is 0 Å². The molecule has 4 aliphatic rings. The van der Waals surface area contributed by atoms with Crippen molar-refractivity contribution < 1.29 is 73.7 Å². The van der Waals surface area contributed by atoms with Crippen molar-refractivity contribution in [3.8, 4) is 0 Å². The van der Waals surface area contributed by atoms with E-state index in [9.17, 15) is 0 Å². The Balaban J connectivity index is -0.000000209. The Morgan fingerprint density at radius 2 is 0.375 bits per heavy atom. The van der Waals surface area contributed by atoms with Crippen LogP contribution in [0.2, 0.25) is 78.6 Å².